The van der Waals surface area contributed by atoms with Crippen LogP contribution < -0.4 is 17.0 Å². The van der Waals surface area contributed by atoms with Gasteiger partial charge in [0.05, 0.1) is 0 Å². The number of carbonyl (C=O) groups excluding carboxylic acids is 1. The summed E-state index contributed by atoms with van der Waals surface area (Å²) in [4.78, 5) is 48.6. The fourth-order valence-corrected chi connectivity index (χ4v) is 3.38. The van der Waals surface area contributed by atoms with E-state index in [2.05, 4.69) is 0 Å². The Balaban J connectivity index is 1.89. The van der Waals surface area contributed by atoms with Crippen LogP contribution in [0.4, 0.5) is 0 Å². The van der Waals surface area contributed by atoms with Gasteiger partial charge >= 0.3 is 11.7 Å². The van der Waals surface area contributed by atoms with Crippen molar-refractivity contribution in [1.29, 1.82) is 0 Å². The van der Waals surface area contributed by atoms with Crippen molar-refractivity contribution in [3.05, 3.63) is 44.9 Å². The third kappa shape index (κ3) is 4.43. The number of nitrogens with two attached hydrogens (primary N) is 1. The van der Waals surface area contributed by atoms with E-state index in [1.54, 1.807) is 0 Å². The van der Waals surface area contributed by atoms with Gasteiger partial charge < -0.3 is 45.1 Å². The van der Waals surface area contributed by atoms with Gasteiger partial charge in [-0.2, -0.15) is 0 Å². The second kappa shape index (κ2) is 9.19. The first-order valence-electron chi connectivity index (χ1n) is 9.15. The second-order valence-electron chi connectivity index (χ2n) is 6.96. The molecule has 32 heavy (non-hydrogen) atoms. The summed E-state index contributed by atoms with van der Waals surface area (Å²) in [5.41, 5.74) is 3.77. The Labute approximate surface area is 178 Å². The van der Waals surface area contributed by atoms with E-state index >= 15 is 0 Å². The van der Waals surface area contributed by atoms with Crippen LogP contribution in [0.3, 0.4) is 0 Å². The number of carboxylic acids is 1. The summed E-state index contributed by atoms with van der Waals surface area (Å²) in [6.07, 6.45) is -11.1. The van der Waals surface area contributed by atoms with E-state index < -0.39 is 78.0 Å². The van der Waals surface area contributed by atoms with Crippen LogP contribution >= 0.6 is 0 Å². The molecule has 3 rings (SSSR count). The predicted molar refractivity (Wildman–Crippen MR) is 98.7 cm³/mol. The van der Waals surface area contributed by atoms with Gasteiger partial charge in [0.1, 0.15) is 30.5 Å². The Morgan fingerprint density at radius 2 is 1.94 bits per heavy atom. The zero-order chi connectivity index (χ0) is 23.7. The van der Waals surface area contributed by atoms with Crippen molar-refractivity contribution in [2.75, 3.05) is 7.11 Å². The standard InChI is InChI=1S/C17H21N3O12/c1-29-10-9(24)14(20-3-2-7(22)19-17(20)28)31-11(10)12(13(18)25)32-16-8(23)5(21)4-6(30-16)15(26)27/h2-5,8-12,14,16,21,23-24H,1H3,(H2,18,25)(H,26,27)(H,19,22,28)/t5-,8-,9?,10?,11-,12+,14+,16+/m0/s1. The largest absolute Gasteiger partial charge is 0.475 e. The molecule has 0 radical (unpaired) electrons. The van der Waals surface area contributed by atoms with Crippen LogP contribution in [0.15, 0.2) is 33.7 Å². The lowest BCUT2D eigenvalue weighted by Crippen LogP contribution is -2.53. The molecule has 176 valence electrons. The van der Waals surface area contributed by atoms with E-state index in [1.807, 2.05) is 4.98 Å². The Kier molecular flexibility index (Phi) is 6.77. The molecule has 3 heterocycles. The maximum Gasteiger partial charge on any atom is 0.371 e. The van der Waals surface area contributed by atoms with Crippen LogP contribution in [0.1, 0.15) is 6.23 Å². The number of hydrogen-bond acceptors (Lipinski definition) is 11. The molecule has 1 amide bonds. The highest BCUT2D eigenvalue weighted by molar-refractivity contribution is 5.84. The third-order valence-corrected chi connectivity index (χ3v) is 4.91. The number of amides is 1. The summed E-state index contributed by atoms with van der Waals surface area (Å²) in [5.74, 6) is -3.49. The molecule has 0 aromatic carbocycles. The quantitative estimate of drug-likeness (QED) is 0.227. The molecule has 1 fully saturated rings. The van der Waals surface area contributed by atoms with Crippen molar-refractivity contribution >= 4 is 11.9 Å². The van der Waals surface area contributed by atoms with Gasteiger partial charge in [-0.15, -0.1) is 0 Å². The van der Waals surface area contributed by atoms with Crippen LogP contribution in [0, 0.1) is 0 Å². The summed E-state index contributed by atoms with van der Waals surface area (Å²) in [7, 11) is 1.17. The van der Waals surface area contributed by atoms with E-state index in [4.69, 9.17) is 29.8 Å². The summed E-state index contributed by atoms with van der Waals surface area (Å²) in [6, 6.07) is 1.00. The molecule has 2 unspecified atom stereocenters. The SMILES string of the molecule is COC1C(O)[C@H](n2ccc(=O)[nH]c2=O)O[C@@H]1[C@@H](O[C@H]1OC(C(=O)O)=C[C@H](O)[C@@H]1O)C(N)=O. The summed E-state index contributed by atoms with van der Waals surface area (Å²) >= 11 is 0. The highest BCUT2D eigenvalue weighted by Crippen LogP contribution is 2.34. The normalized spacial score (nSPS) is 33.2. The number of nitrogens with one attached hydrogen (secondary N) is 1. The van der Waals surface area contributed by atoms with Gasteiger partial charge in [-0.25, -0.2) is 9.59 Å². The second-order valence-corrected chi connectivity index (χ2v) is 6.96. The first-order chi connectivity index (χ1) is 15.0. The van der Waals surface area contributed by atoms with E-state index in [0.717, 1.165) is 22.9 Å². The van der Waals surface area contributed by atoms with Gasteiger partial charge in [0.15, 0.2) is 12.3 Å². The van der Waals surface area contributed by atoms with Crippen molar-refractivity contribution in [1.82, 2.24) is 9.55 Å². The van der Waals surface area contributed by atoms with Crippen molar-refractivity contribution < 1.29 is 49.0 Å². The first-order valence-corrected chi connectivity index (χ1v) is 9.15. The predicted octanol–water partition coefficient (Wildman–Crippen LogP) is -4.27. The molecule has 8 atom stereocenters. The Morgan fingerprint density at radius 3 is 2.50 bits per heavy atom. The van der Waals surface area contributed by atoms with Crippen LogP contribution in [0.5, 0.6) is 0 Å². The third-order valence-electron chi connectivity index (χ3n) is 4.91. The molecule has 15 nitrogen and oxygen atoms in total. The molecule has 2 aliphatic heterocycles. The monoisotopic (exact) mass is 459 g/mol. The van der Waals surface area contributed by atoms with Crippen molar-refractivity contribution in [2.45, 2.75) is 49.1 Å². The summed E-state index contributed by atoms with van der Waals surface area (Å²) in [5, 5.41) is 39.6. The number of primary amides is 1. The number of aliphatic hydroxyl groups excluding tert-OH is 3. The molecule has 0 bridgehead atoms. The molecule has 0 aliphatic carbocycles. The first kappa shape index (κ1) is 23.6. The maximum absolute atomic E-state index is 12.1. The van der Waals surface area contributed by atoms with E-state index in [-0.39, 0.29) is 0 Å². The van der Waals surface area contributed by atoms with Gasteiger partial charge in [-0.3, -0.25) is 19.1 Å². The average Bonchev–Trinajstić information content (AvgIpc) is 3.04. The lowest BCUT2D eigenvalue weighted by atomic mass is 10.0. The molecule has 1 aromatic heterocycles. The minimum atomic E-state index is -1.85. The van der Waals surface area contributed by atoms with Crippen LogP contribution in [-0.2, 0) is 28.5 Å². The number of ether oxygens (including phenoxy) is 4. The van der Waals surface area contributed by atoms with Crippen molar-refractivity contribution in [3.8, 4) is 0 Å². The molecule has 2 aliphatic rings. The number of H-pyrrole nitrogens is 1. The summed E-state index contributed by atoms with van der Waals surface area (Å²) < 4.78 is 21.9. The minimum Gasteiger partial charge on any atom is -0.475 e. The Morgan fingerprint density at radius 1 is 1.25 bits per heavy atom. The van der Waals surface area contributed by atoms with E-state index in [1.165, 1.54) is 7.11 Å². The van der Waals surface area contributed by atoms with Gasteiger partial charge in [-0.1, -0.05) is 0 Å². The van der Waals surface area contributed by atoms with Crippen molar-refractivity contribution in [2.24, 2.45) is 5.73 Å². The molecule has 15 heteroatoms. The molecule has 1 aromatic rings. The topological polar surface area (TPSA) is 233 Å². The molecule has 0 saturated carbocycles. The number of aliphatic carboxylic acids is 1. The fraction of sp³-hybridized carbons (Fsp3) is 0.529. The zero-order valence-electron chi connectivity index (χ0n) is 16.4. The molecule has 7 N–H and O–H groups in total. The van der Waals surface area contributed by atoms with Gasteiger partial charge in [0, 0.05) is 19.4 Å². The minimum absolute atomic E-state index is 0.693. The number of carbonyl (C=O) groups is 2. The van der Waals surface area contributed by atoms with Crippen LogP contribution in [-0.4, -0.2) is 91.9 Å². The van der Waals surface area contributed by atoms with E-state index in [9.17, 15) is 34.5 Å². The number of aromatic nitrogens is 2. The lowest BCUT2D eigenvalue weighted by molar-refractivity contribution is -0.242. The number of aromatic amines is 1. The number of aliphatic hydroxyl groups is 3. The number of hydrogen-bond donors (Lipinski definition) is 6. The molecular weight excluding hydrogens is 438 g/mol. The average molecular weight is 459 g/mol. The Bertz CT molecular complexity index is 1020. The highest BCUT2D eigenvalue weighted by Gasteiger charge is 2.52. The number of carboxylic acid groups (broad SMARTS) is 1. The van der Waals surface area contributed by atoms with Gasteiger partial charge in [-0.05, 0) is 6.08 Å². The number of nitrogens with zero attached hydrogens (tertiary/aromatic N) is 1. The highest BCUT2D eigenvalue weighted by atomic mass is 16.7. The Hall–Kier alpha value is -3.08. The number of methoxy groups -OCH3 is 1. The lowest BCUT2D eigenvalue weighted by Gasteiger charge is -2.34. The molecule has 0 spiro atoms. The van der Waals surface area contributed by atoms with Gasteiger partial charge in [0.25, 0.3) is 5.56 Å². The van der Waals surface area contributed by atoms with Gasteiger partial charge in [0.2, 0.25) is 18.0 Å². The maximum atomic E-state index is 12.1. The van der Waals surface area contributed by atoms with Crippen LogP contribution in [0.2, 0.25) is 0 Å². The molecular formula is C17H21N3O12. The zero-order valence-corrected chi connectivity index (χ0v) is 16.4. The molecule has 1 saturated heterocycles. The smallest absolute Gasteiger partial charge is 0.371 e. The summed E-state index contributed by atoms with van der Waals surface area (Å²) in [6.45, 7) is 0. The van der Waals surface area contributed by atoms with E-state index in [0.29, 0.717) is 0 Å². The number of rotatable bonds is 7. The fourth-order valence-electron chi connectivity index (χ4n) is 3.38. The van der Waals surface area contributed by atoms with Crippen LogP contribution in [0.25, 0.3) is 0 Å². The van der Waals surface area contributed by atoms with Crippen molar-refractivity contribution in [3.63, 3.8) is 0 Å².